The van der Waals surface area contributed by atoms with Crippen LogP contribution in [0.4, 0.5) is 11.9 Å². The third-order valence-electron chi connectivity index (χ3n) is 2.24. The van der Waals surface area contributed by atoms with E-state index in [9.17, 15) is 5.11 Å². The van der Waals surface area contributed by atoms with Gasteiger partial charge in [-0.05, 0) is 23.9 Å². The van der Waals surface area contributed by atoms with Crippen LogP contribution in [-0.4, -0.2) is 46.8 Å². The second-order valence-electron chi connectivity index (χ2n) is 4.79. The predicted molar refractivity (Wildman–Crippen MR) is 73.1 cm³/mol. The first-order valence-electron chi connectivity index (χ1n) is 5.89. The number of nitrogens with one attached hydrogen (secondary N) is 1. The van der Waals surface area contributed by atoms with Gasteiger partial charge in [-0.25, -0.2) is 0 Å². The van der Waals surface area contributed by atoms with E-state index in [4.69, 9.17) is 11.6 Å². The smallest absolute Gasteiger partial charge is 0.230 e. The van der Waals surface area contributed by atoms with Crippen LogP contribution in [0.15, 0.2) is 0 Å². The summed E-state index contributed by atoms with van der Waals surface area (Å²) in [5.74, 6) is 1.30. The van der Waals surface area contributed by atoms with Gasteiger partial charge < -0.3 is 15.3 Å². The third kappa shape index (κ3) is 5.01. The van der Waals surface area contributed by atoms with Gasteiger partial charge in [-0.3, -0.25) is 0 Å². The van der Waals surface area contributed by atoms with Crippen LogP contribution >= 0.6 is 11.6 Å². The van der Waals surface area contributed by atoms with Crippen LogP contribution in [0, 0.1) is 5.92 Å². The summed E-state index contributed by atoms with van der Waals surface area (Å²) in [6.07, 6.45) is 0.301. The Labute approximate surface area is 112 Å². The summed E-state index contributed by atoms with van der Waals surface area (Å²) in [5, 5.41) is 12.8. The van der Waals surface area contributed by atoms with E-state index in [1.54, 1.807) is 4.90 Å². The predicted octanol–water partition coefficient (Wildman–Crippen LogP) is 1.41. The minimum absolute atomic E-state index is 0.134. The lowest BCUT2D eigenvalue weighted by molar-refractivity contribution is 0.161. The number of hydrogen-bond acceptors (Lipinski definition) is 6. The van der Waals surface area contributed by atoms with Crippen LogP contribution < -0.4 is 10.2 Å². The van der Waals surface area contributed by atoms with E-state index < -0.39 is 6.10 Å². The summed E-state index contributed by atoms with van der Waals surface area (Å²) in [5.41, 5.74) is 0. The molecule has 18 heavy (non-hydrogen) atoms. The number of anilines is 2. The molecule has 0 aliphatic rings. The zero-order valence-corrected chi connectivity index (χ0v) is 11.9. The Morgan fingerprint density at radius 3 is 2.50 bits per heavy atom. The Morgan fingerprint density at radius 2 is 1.94 bits per heavy atom. The molecule has 1 aromatic rings. The van der Waals surface area contributed by atoms with Gasteiger partial charge in [0.25, 0.3) is 0 Å². The number of aromatic nitrogens is 3. The Kier molecular flexibility index (Phi) is 5.55. The first-order valence-corrected chi connectivity index (χ1v) is 6.27. The molecule has 0 spiro atoms. The number of nitrogens with zero attached hydrogens (tertiary/aromatic N) is 4. The summed E-state index contributed by atoms with van der Waals surface area (Å²) in [4.78, 5) is 13.9. The number of hydrogen-bond donors (Lipinski definition) is 2. The molecule has 0 aromatic carbocycles. The standard InChI is InChI=1S/C11H20ClN5O/c1-7(2)5-8(18)6-13-10-14-9(12)15-11(16-10)17(3)4/h7-8,18H,5-6H2,1-4H3,(H,13,14,15,16). The van der Waals surface area contributed by atoms with Crippen LogP contribution in [0.3, 0.4) is 0 Å². The second kappa shape index (κ2) is 6.70. The van der Waals surface area contributed by atoms with Crippen LogP contribution in [0.2, 0.25) is 5.28 Å². The fourth-order valence-electron chi connectivity index (χ4n) is 1.46. The van der Waals surface area contributed by atoms with E-state index in [0.29, 0.717) is 24.4 Å². The number of rotatable bonds is 6. The van der Waals surface area contributed by atoms with Crippen LogP contribution in [-0.2, 0) is 0 Å². The molecular weight excluding hydrogens is 254 g/mol. The molecule has 1 heterocycles. The molecule has 1 unspecified atom stereocenters. The lowest BCUT2D eigenvalue weighted by Gasteiger charge is -2.15. The van der Waals surface area contributed by atoms with Crippen LogP contribution in [0.1, 0.15) is 20.3 Å². The Morgan fingerprint density at radius 1 is 1.28 bits per heavy atom. The molecule has 0 aliphatic heterocycles. The van der Waals surface area contributed by atoms with Gasteiger partial charge in [-0.15, -0.1) is 0 Å². The van der Waals surface area contributed by atoms with Crippen molar-refractivity contribution < 1.29 is 5.11 Å². The molecule has 1 atom stereocenters. The Bertz CT molecular complexity index is 386. The molecule has 0 saturated heterocycles. The lowest BCUT2D eigenvalue weighted by Crippen LogP contribution is -2.23. The molecule has 102 valence electrons. The Balaban J connectivity index is 2.62. The van der Waals surface area contributed by atoms with Gasteiger partial charge in [-0.2, -0.15) is 15.0 Å². The first-order chi connectivity index (χ1) is 8.38. The van der Waals surface area contributed by atoms with E-state index >= 15 is 0 Å². The maximum absolute atomic E-state index is 9.75. The largest absolute Gasteiger partial charge is 0.391 e. The van der Waals surface area contributed by atoms with E-state index in [2.05, 4.69) is 34.1 Å². The molecule has 1 aromatic heterocycles. The monoisotopic (exact) mass is 273 g/mol. The second-order valence-corrected chi connectivity index (χ2v) is 5.12. The van der Waals surface area contributed by atoms with Gasteiger partial charge in [0.2, 0.25) is 17.2 Å². The zero-order valence-electron chi connectivity index (χ0n) is 11.2. The summed E-state index contributed by atoms with van der Waals surface area (Å²) in [6, 6.07) is 0. The number of aliphatic hydroxyl groups is 1. The van der Waals surface area contributed by atoms with E-state index in [1.165, 1.54) is 0 Å². The Hall–Kier alpha value is -1.14. The van der Waals surface area contributed by atoms with Gasteiger partial charge >= 0.3 is 0 Å². The minimum atomic E-state index is -0.427. The van der Waals surface area contributed by atoms with Crippen molar-refractivity contribution >= 4 is 23.5 Å². The highest BCUT2D eigenvalue weighted by Crippen LogP contribution is 2.12. The molecule has 0 bridgehead atoms. The maximum atomic E-state index is 9.75. The van der Waals surface area contributed by atoms with Gasteiger partial charge in [-0.1, -0.05) is 13.8 Å². The molecule has 0 saturated carbocycles. The molecule has 2 N–H and O–H groups in total. The molecule has 7 heteroatoms. The minimum Gasteiger partial charge on any atom is -0.391 e. The number of aliphatic hydroxyl groups excluding tert-OH is 1. The summed E-state index contributed by atoms with van der Waals surface area (Å²) in [6.45, 7) is 4.52. The van der Waals surface area contributed by atoms with Crippen molar-refractivity contribution in [3.05, 3.63) is 5.28 Å². The van der Waals surface area contributed by atoms with Gasteiger partial charge in [0, 0.05) is 20.6 Å². The third-order valence-corrected chi connectivity index (χ3v) is 2.40. The van der Waals surface area contributed by atoms with Crippen molar-refractivity contribution in [2.45, 2.75) is 26.4 Å². The van der Waals surface area contributed by atoms with E-state index in [-0.39, 0.29) is 5.28 Å². The molecule has 1 rings (SSSR count). The number of halogens is 1. The zero-order chi connectivity index (χ0) is 13.7. The van der Waals surface area contributed by atoms with Gasteiger partial charge in [0.15, 0.2) is 0 Å². The van der Waals surface area contributed by atoms with Gasteiger partial charge in [0.05, 0.1) is 6.10 Å². The average molecular weight is 274 g/mol. The summed E-state index contributed by atoms with van der Waals surface area (Å²) < 4.78 is 0. The summed E-state index contributed by atoms with van der Waals surface area (Å²) in [7, 11) is 3.64. The van der Waals surface area contributed by atoms with Crippen molar-refractivity contribution in [1.82, 2.24) is 15.0 Å². The van der Waals surface area contributed by atoms with Crippen molar-refractivity contribution in [2.75, 3.05) is 30.9 Å². The van der Waals surface area contributed by atoms with Crippen LogP contribution in [0.25, 0.3) is 0 Å². The highest BCUT2D eigenvalue weighted by Gasteiger charge is 2.10. The first kappa shape index (κ1) is 14.9. The quantitative estimate of drug-likeness (QED) is 0.816. The molecule has 0 amide bonds. The highest BCUT2D eigenvalue weighted by molar-refractivity contribution is 6.28. The maximum Gasteiger partial charge on any atom is 0.230 e. The highest BCUT2D eigenvalue weighted by atomic mass is 35.5. The van der Waals surface area contributed by atoms with Crippen molar-refractivity contribution in [3.8, 4) is 0 Å². The van der Waals surface area contributed by atoms with E-state index in [1.807, 2.05) is 14.1 Å². The molecular formula is C11H20ClN5O. The van der Waals surface area contributed by atoms with Crippen molar-refractivity contribution in [2.24, 2.45) is 5.92 Å². The molecule has 6 nitrogen and oxygen atoms in total. The van der Waals surface area contributed by atoms with Crippen molar-refractivity contribution in [3.63, 3.8) is 0 Å². The fourth-order valence-corrected chi connectivity index (χ4v) is 1.61. The molecule has 0 radical (unpaired) electrons. The summed E-state index contributed by atoms with van der Waals surface area (Å²) >= 11 is 5.80. The van der Waals surface area contributed by atoms with E-state index in [0.717, 1.165) is 6.42 Å². The van der Waals surface area contributed by atoms with Gasteiger partial charge in [0.1, 0.15) is 0 Å². The molecule has 0 aliphatic carbocycles. The fraction of sp³-hybridized carbons (Fsp3) is 0.727. The van der Waals surface area contributed by atoms with Crippen molar-refractivity contribution in [1.29, 1.82) is 0 Å². The topological polar surface area (TPSA) is 74.2 Å². The average Bonchev–Trinajstić information content (AvgIpc) is 2.24. The molecule has 0 fully saturated rings. The lowest BCUT2D eigenvalue weighted by atomic mass is 10.1. The normalized spacial score (nSPS) is 12.6. The SMILES string of the molecule is CC(C)CC(O)CNc1nc(Cl)nc(N(C)C)n1. The van der Waals surface area contributed by atoms with Crippen LogP contribution in [0.5, 0.6) is 0 Å².